The fourth-order valence-electron chi connectivity index (χ4n) is 2.85. The number of amides is 1. The second-order valence-corrected chi connectivity index (χ2v) is 6.27. The van der Waals surface area contributed by atoms with Gasteiger partial charge in [0.2, 0.25) is 5.91 Å². The molecule has 0 unspecified atom stereocenters. The number of benzene rings is 2. The monoisotopic (exact) mass is 339 g/mol. The minimum atomic E-state index is -0.462. The van der Waals surface area contributed by atoms with Crippen molar-refractivity contribution in [3.8, 4) is 11.5 Å². The molecule has 25 heavy (non-hydrogen) atoms. The predicted molar refractivity (Wildman–Crippen MR) is 95.0 cm³/mol. The average Bonchev–Trinajstić information content (AvgIpc) is 3.00. The van der Waals surface area contributed by atoms with Gasteiger partial charge in [0.05, 0.1) is 13.0 Å². The summed E-state index contributed by atoms with van der Waals surface area (Å²) in [5.41, 5.74) is 2.96. The predicted octanol–water partition coefficient (Wildman–Crippen LogP) is 3.27. The number of carbonyl (C=O) groups excluding carboxylic acids is 2. The molecule has 0 spiro atoms. The second kappa shape index (κ2) is 6.97. The number of aryl methyl sites for hydroxylation is 2. The molecule has 0 saturated carbocycles. The maximum atomic E-state index is 12.4. The molecule has 0 radical (unpaired) electrons. The van der Waals surface area contributed by atoms with Crippen molar-refractivity contribution in [2.24, 2.45) is 5.92 Å². The average molecular weight is 339 g/mol. The molecule has 0 aromatic heterocycles. The van der Waals surface area contributed by atoms with Crippen LogP contribution in [0.25, 0.3) is 0 Å². The summed E-state index contributed by atoms with van der Waals surface area (Å²) >= 11 is 0. The van der Waals surface area contributed by atoms with Crippen LogP contribution in [-0.2, 0) is 9.59 Å². The third-order valence-corrected chi connectivity index (χ3v) is 4.54. The van der Waals surface area contributed by atoms with Crippen LogP contribution in [0.4, 0.5) is 5.69 Å². The number of esters is 1. The molecule has 1 aliphatic rings. The fraction of sp³-hybridized carbons (Fsp3) is 0.300. The highest BCUT2D eigenvalue weighted by molar-refractivity contribution is 5.99. The Morgan fingerprint density at radius 1 is 1.04 bits per heavy atom. The second-order valence-electron chi connectivity index (χ2n) is 6.27. The zero-order valence-corrected chi connectivity index (χ0v) is 14.6. The number of nitrogens with zero attached hydrogens (tertiary/aromatic N) is 1. The maximum absolute atomic E-state index is 12.4. The Kier molecular flexibility index (Phi) is 4.74. The number of anilines is 1. The SMILES string of the molecule is COc1ccc(N2C[C@H](C(=O)Oc3ccc(C)c(C)c3)CC2=O)cc1. The van der Waals surface area contributed by atoms with Crippen LogP contribution < -0.4 is 14.4 Å². The molecular weight excluding hydrogens is 318 g/mol. The summed E-state index contributed by atoms with van der Waals surface area (Å²) < 4.78 is 10.6. The van der Waals surface area contributed by atoms with Crippen molar-refractivity contribution in [1.82, 2.24) is 0 Å². The lowest BCUT2D eigenvalue weighted by atomic mass is 10.1. The summed E-state index contributed by atoms with van der Waals surface area (Å²) in [6.07, 6.45) is 0.162. The number of hydrogen-bond donors (Lipinski definition) is 0. The molecule has 1 saturated heterocycles. The van der Waals surface area contributed by atoms with Crippen LogP contribution in [0.2, 0.25) is 0 Å². The van der Waals surface area contributed by atoms with Crippen LogP contribution in [0.5, 0.6) is 11.5 Å². The molecule has 1 heterocycles. The van der Waals surface area contributed by atoms with E-state index in [1.165, 1.54) is 0 Å². The van der Waals surface area contributed by atoms with E-state index in [1.807, 2.05) is 38.1 Å². The Morgan fingerprint density at radius 2 is 1.72 bits per heavy atom. The number of rotatable bonds is 4. The minimum absolute atomic E-state index is 0.0767. The third kappa shape index (κ3) is 3.65. The zero-order valence-electron chi connectivity index (χ0n) is 14.6. The normalized spacial score (nSPS) is 16.8. The van der Waals surface area contributed by atoms with E-state index in [-0.39, 0.29) is 18.3 Å². The molecule has 0 aliphatic carbocycles. The van der Waals surface area contributed by atoms with Crippen LogP contribution in [0.3, 0.4) is 0 Å². The van der Waals surface area contributed by atoms with Gasteiger partial charge in [0, 0.05) is 18.7 Å². The van der Waals surface area contributed by atoms with Gasteiger partial charge < -0.3 is 14.4 Å². The van der Waals surface area contributed by atoms with E-state index in [1.54, 1.807) is 30.2 Å². The van der Waals surface area contributed by atoms with Gasteiger partial charge in [-0.05, 0) is 61.4 Å². The lowest BCUT2D eigenvalue weighted by Crippen LogP contribution is -2.27. The summed E-state index contributed by atoms with van der Waals surface area (Å²) in [4.78, 5) is 26.3. The molecule has 2 aromatic rings. The molecule has 1 fully saturated rings. The van der Waals surface area contributed by atoms with Crippen molar-refractivity contribution in [3.05, 3.63) is 53.6 Å². The van der Waals surface area contributed by atoms with E-state index < -0.39 is 5.92 Å². The molecule has 1 atom stereocenters. The van der Waals surface area contributed by atoms with E-state index in [4.69, 9.17) is 9.47 Å². The molecule has 5 nitrogen and oxygen atoms in total. The van der Waals surface area contributed by atoms with Gasteiger partial charge in [-0.25, -0.2) is 0 Å². The largest absolute Gasteiger partial charge is 0.497 e. The van der Waals surface area contributed by atoms with Crippen molar-refractivity contribution in [2.75, 3.05) is 18.6 Å². The number of methoxy groups -OCH3 is 1. The highest BCUT2D eigenvalue weighted by atomic mass is 16.5. The van der Waals surface area contributed by atoms with Gasteiger partial charge in [-0.2, -0.15) is 0 Å². The summed E-state index contributed by atoms with van der Waals surface area (Å²) in [5, 5.41) is 0. The molecule has 130 valence electrons. The number of hydrogen-bond acceptors (Lipinski definition) is 4. The van der Waals surface area contributed by atoms with E-state index in [0.29, 0.717) is 12.3 Å². The zero-order chi connectivity index (χ0) is 18.0. The highest BCUT2D eigenvalue weighted by Gasteiger charge is 2.36. The van der Waals surface area contributed by atoms with Crippen molar-refractivity contribution < 1.29 is 19.1 Å². The Hall–Kier alpha value is -2.82. The van der Waals surface area contributed by atoms with Gasteiger partial charge >= 0.3 is 5.97 Å². The van der Waals surface area contributed by atoms with Gasteiger partial charge in [-0.3, -0.25) is 9.59 Å². The first-order valence-corrected chi connectivity index (χ1v) is 8.21. The Balaban J connectivity index is 1.68. The Bertz CT molecular complexity index is 798. The quantitative estimate of drug-likeness (QED) is 0.634. The number of carbonyl (C=O) groups is 2. The molecule has 1 amide bonds. The van der Waals surface area contributed by atoms with Gasteiger partial charge in [-0.1, -0.05) is 6.07 Å². The molecule has 0 N–H and O–H groups in total. The first-order valence-electron chi connectivity index (χ1n) is 8.21. The molecule has 5 heteroatoms. The highest BCUT2D eigenvalue weighted by Crippen LogP contribution is 2.28. The van der Waals surface area contributed by atoms with Crippen molar-refractivity contribution in [3.63, 3.8) is 0 Å². The van der Waals surface area contributed by atoms with Crippen LogP contribution in [0.15, 0.2) is 42.5 Å². The summed E-state index contributed by atoms with van der Waals surface area (Å²) in [6, 6.07) is 12.7. The molecule has 2 aromatic carbocycles. The summed E-state index contributed by atoms with van der Waals surface area (Å²) in [5.74, 6) is 0.334. The van der Waals surface area contributed by atoms with Crippen molar-refractivity contribution in [1.29, 1.82) is 0 Å². The lowest BCUT2D eigenvalue weighted by Gasteiger charge is -2.17. The van der Waals surface area contributed by atoms with Gasteiger partial charge in [-0.15, -0.1) is 0 Å². The molecular formula is C20H21NO4. The van der Waals surface area contributed by atoms with Crippen LogP contribution >= 0.6 is 0 Å². The van der Waals surface area contributed by atoms with Crippen molar-refractivity contribution in [2.45, 2.75) is 20.3 Å². The molecule has 0 bridgehead atoms. The standard InChI is InChI=1S/C20H21NO4/c1-13-4-7-18(10-14(13)2)25-20(23)15-11-19(22)21(12-15)16-5-8-17(24-3)9-6-16/h4-10,15H,11-12H2,1-3H3/t15-/m1/s1. The van der Waals surface area contributed by atoms with Crippen LogP contribution in [0, 0.1) is 19.8 Å². The first kappa shape index (κ1) is 17.0. The summed E-state index contributed by atoms with van der Waals surface area (Å²) in [7, 11) is 1.59. The Labute approximate surface area is 147 Å². The minimum Gasteiger partial charge on any atom is -0.497 e. The van der Waals surface area contributed by atoms with Crippen LogP contribution in [0.1, 0.15) is 17.5 Å². The van der Waals surface area contributed by atoms with Crippen molar-refractivity contribution >= 4 is 17.6 Å². The maximum Gasteiger partial charge on any atom is 0.316 e. The van der Waals surface area contributed by atoms with E-state index in [0.717, 1.165) is 22.6 Å². The van der Waals surface area contributed by atoms with Crippen LogP contribution in [-0.4, -0.2) is 25.5 Å². The molecule has 3 rings (SSSR count). The van der Waals surface area contributed by atoms with E-state index in [2.05, 4.69) is 0 Å². The smallest absolute Gasteiger partial charge is 0.316 e. The lowest BCUT2D eigenvalue weighted by molar-refractivity contribution is -0.139. The topological polar surface area (TPSA) is 55.8 Å². The third-order valence-electron chi connectivity index (χ3n) is 4.54. The fourth-order valence-corrected chi connectivity index (χ4v) is 2.85. The van der Waals surface area contributed by atoms with Gasteiger partial charge in [0.25, 0.3) is 0 Å². The Morgan fingerprint density at radius 3 is 2.36 bits per heavy atom. The van der Waals surface area contributed by atoms with E-state index in [9.17, 15) is 9.59 Å². The van der Waals surface area contributed by atoms with Gasteiger partial charge in [0.1, 0.15) is 11.5 Å². The first-order chi connectivity index (χ1) is 12.0. The van der Waals surface area contributed by atoms with Gasteiger partial charge in [0.15, 0.2) is 0 Å². The summed E-state index contributed by atoms with van der Waals surface area (Å²) in [6.45, 7) is 4.30. The number of ether oxygens (including phenoxy) is 2. The van der Waals surface area contributed by atoms with E-state index >= 15 is 0 Å². The molecule has 1 aliphatic heterocycles.